The van der Waals surface area contributed by atoms with Crippen LogP contribution in [0.5, 0.6) is 0 Å². The first-order chi connectivity index (χ1) is 13.6. The standard InChI is InChI=1S/C22H19N3O2S/c26-28(27,22-10-9-20-7-1-2-8-21(20)13-22)25(16-18-5-3-11-23-14-18)17-19-6-4-12-24-15-19/h1-15H,16-17H2. The largest absolute Gasteiger partial charge is 0.264 e. The Kier molecular flexibility index (Phi) is 5.14. The van der Waals surface area contributed by atoms with Crippen LogP contribution in [0, 0.1) is 0 Å². The van der Waals surface area contributed by atoms with E-state index in [1.165, 1.54) is 4.31 Å². The summed E-state index contributed by atoms with van der Waals surface area (Å²) < 4.78 is 28.4. The molecule has 0 bridgehead atoms. The fourth-order valence-corrected chi connectivity index (χ4v) is 4.55. The van der Waals surface area contributed by atoms with Crippen molar-refractivity contribution >= 4 is 20.8 Å². The minimum Gasteiger partial charge on any atom is -0.264 e. The van der Waals surface area contributed by atoms with Gasteiger partial charge in [-0.1, -0.05) is 42.5 Å². The molecular formula is C22H19N3O2S. The van der Waals surface area contributed by atoms with Gasteiger partial charge in [0.25, 0.3) is 0 Å². The summed E-state index contributed by atoms with van der Waals surface area (Å²) in [5.41, 5.74) is 1.66. The minimum atomic E-state index is -3.71. The fourth-order valence-electron chi connectivity index (χ4n) is 3.09. The molecule has 4 rings (SSSR count). The third-order valence-corrected chi connectivity index (χ3v) is 6.31. The maximum atomic E-state index is 13.5. The van der Waals surface area contributed by atoms with Gasteiger partial charge in [-0.25, -0.2) is 8.42 Å². The lowest BCUT2D eigenvalue weighted by atomic mass is 10.1. The molecule has 4 aromatic rings. The SMILES string of the molecule is O=S(=O)(c1ccc2ccccc2c1)N(Cc1cccnc1)Cc1cccnc1. The van der Waals surface area contributed by atoms with Crippen LogP contribution in [0.25, 0.3) is 10.8 Å². The topological polar surface area (TPSA) is 63.2 Å². The summed E-state index contributed by atoms with van der Waals surface area (Å²) in [6.07, 6.45) is 6.72. The molecule has 140 valence electrons. The van der Waals surface area contributed by atoms with E-state index in [-0.39, 0.29) is 18.0 Å². The summed E-state index contributed by atoms with van der Waals surface area (Å²) in [7, 11) is -3.71. The van der Waals surface area contributed by atoms with Gasteiger partial charge in [-0.2, -0.15) is 4.31 Å². The molecule has 6 heteroatoms. The number of benzene rings is 2. The zero-order valence-electron chi connectivity index (χ0n) is 15.1. The van der Waals surface area contributed by atoms with Crippen molar-refractivity contribution < 1.29 is 8.42 Å². The highest BCUT2D eigenvalue weighted by molar-refractivity contribution is 7.89. The average molecular weight is 389 g/mol. The molecule has 2 heterocycles. The van der Waals surface area contributed by atoms with Crippen molar-refractivity contribution in [3.05, 3.63) is 103 Å². The lowest BCUT2D eigenvalue weighted by Crippen LogP contribution is -2.30. The molecule has 0 atom stereocenters. The molecule has 5 nitrogen and oxygen atoms in total. The third-order valence-electron chi connectivity index (χ3n) is 4.52. The average Bonchev–Trinajstić information content (AvgIpc) is 2.74. The zero-order chi connectivity index (χ0) is 19.4. The van der Waals surface area contributed by atoms with Gasteiger partial charge in [0.15, 0.2) is 0 Å². The van der Waals surface area contributed by atoms with E-state index in [9.17, 15) is 8.42 Å². The van der Waals surface area contributed by atoms with Crippen molar-refractivity contribution in [1.82, 2.24) is 14.3 Å². The highest BCUT2D eigenvalue weighted by atomic mass is 32.2. The molecular weight excluding hydrogens is 370 g/mol. The minimum absolute atomic E-state index is 0.234. The smallest absolute Gasteiger partial charge is 0.243 e. The van der Waals surface area contributed by atoms with Gasteiger partial charge in [-0.15, -0.1) is 0 Å². The van der Waals surface area contributed by atoms with Crippen LogP contribution in [0.1, 0.15) is 11.1 Å². The van der Waals surface area contributed by atoms with Gasteiger partial charge in [0.1, 0.15) is 0 Å². The van der Waals surface area contributed by atoms with Crippen molar-refractivity contribution in [3.63, 3.8) is 0 Å². The van der Waals surface area contributed by atoms with E-state index in [2.05, 4.69) is 9.97 Å². The number of pyridine rings is 2. The summed E-state index contributed by atoms with van der Waals surface area (Å²) in [5, 5.41) is 1.90. The summed E-state index contributed by atoms with van der Waals surface area (Å²) in [4.78, 5) is 8.49. The second-order valence-corrected chi connectivity index (χ2v) is 8.44. The second kappa shape index (κ2) is 7.88. The van der Waals surface area contributed by atoms with Crippen molar-refractivity contribution in [2.75, 3.05) is 0 Å². The fraction of sp³-hybridized carbons (Fsp3) is 0.0909. The molecule has 0 saturated heterocycles. The molecule has 0 unspecified atom stereocenters. The normalized spacial score (nSPS) is 11.8. The second-order valence-electron chi connectivity index (χ2n) is 6.50. The molecule has 0 aliphatic rings. The number of hydrogen-bond acceptors (Lipinski definition) is 4. The van der Waals surface area contributed by atoms with E-state index < -0.39 is 10.0 Å². The van der Waals surface area contributed by atoms with Gasteiger partial charge >= 0.3 is 0 Å². The first kappa shape index (κ1) is 18.3. The maximum Gasteiger partial charge on any atom is 0.243 e. The van der Waals surface area contributed by atoms with Gasteiger partial charge in [0.2, 0.25) is 10.0 Å². The molecule has 0 fully saturated rings. The van der Waals surface area contributed by atoms with E-state index in [1.807, 2.05) is 42.5 Å². The van der Waals surface area contributed by atoms with Gasteiger partial charge in [-0.3, -0.25) is 9.97 Å². The van der Waals surface area contributed by atoms with Gasteiger partial charge in [0, 0.05) is 37.9 Å². The van der Waals surface area contributed by atoms with E-state index in [0.717, 1.165) is 21.9 Å². The van der Waals surface area contributed by atoms with E-state index in [1.54, 1.807) is 49.1 Å². The number of nitrogens with zero attached hydrogens (tertiary/aromatic N) is 3. The Bertz CT molecular complexity index is 1140. The molecule has 28 heavy (non-hydrogen) atoms. The number of hydrogen-bond donors (Lipinski definition) is 0. The van der Waals surface area contributed by atoms with Crippen molar-refractivity contribution in [3.8, 4) is 0 Å². The molecule has 0 saturated carbocycles. The Labute approximate surface area is 164 Å². The summed E-state index contributed by atoms with van der Waals surface area (Å²) in [6, 6.07) is 20.3. The Morgan fingerprint density at radius 2 is 1.32 bits per heavy atom. The third kappa shape index (κ3) is 3.93. The zero-order valence-corrected chi connectivity index (χ0v) is 16.0. The number of rotatable bonds is 6. The lowest BCUT2D eigenvalue weighted by Gasteiger charge is -2.22. The van der Waals surface area contributed by atoms with Crippen molar-refractivity contribution in [2.45, 2.75) is 18.0 Å². The summed E-state index contributed by atoms with van der Waals surface area (Å²) >= 11 is 0. The van der Waals surface area contributed by atoms with Crippen LogP contribution < -0.4 is 0 Å². The number of sulfonamides is 1. The van der Waals surface area contributed by atoms with Gasteiger partial charge < -0.3 is 0 Å². The van der Waals surface area contributed by atoms with Crippen molar-refractivity contribution in [2.24, 2.45) is 0 Å². The highest BCUT2D eigenvalue weighted by Gasteiger charge is 2.25. The Balaban J connectivity index is 1.74. The summed E-state index contributed by atoms with van der Waals surface area (Å²) in [5.74, 6) is 0. The van der Waals surface area contributed by atoms with E-state index >= 15 is 0 Å². The molecule has 2 aromatic carbocycles. The maximum absolute atomic E-state index is 13.5. The molecule has 0 N–H and O–H groups in total. The van der Waals surface area contributed by atoms with Crippen LogP contribution in [-0.4, -0.2) is 22.7 Å². The Morgan fingerprint density at radius 3 is 1.89 bits per heavy atom. The predicted octanol–water partition coefficient (Wildman–Crippen LogP) is 4.02. The van der Waals surface area contributed by atoms with Crippen LogP contribution in [0.15, 0.2) is 96.4 Å². The predicted molar refractivity (Wildman–Crippen MR) is 109 cm³/mol. The highest BCUT2D eigenvalue weighted by Crippen LogP contribution is 2.24. The molecule has 2 aromatic heterocycles. The number of fused-ring (bicyclic) bond motifs is 1. The molecule has 0 radical (unpaired) electrons. The van der Waals surface area contributed by atoms with Gasteiger partial charge in [-0.05, 0) is 46.2 Å². The van der Waals surface area contributed by atoms with Crippen LogP contribution in [0.3, 0.4) is 0 Å². The lowest BCUT2D eigenvalue weighted by molar-refractivity contribution is 0.400. The van der Waals surface area contributed by atoms with Crippen LogP contribution in [-0.2, 0) is 23.1 Å². The Hall–Kier alpha value is -3.09. The molecule has 0 aliphatic heterocycles. The molecule has 0 amide bonds. The first-order valence-corrected chi connectivity index (χ1v) is 10.3. The molecule has 0 spiro atoms. The number of aromatic nitrogens is 2. The van der Waals surface area contributed by atoms with E-state index in [0.29, 0.717) is 0 Å². The van der Waals surface area contributed by atoms with Crippen LogP contribution in [0.2, 0.25) is 0 Å². The van der Waals surface area contributed by atoms with Crippen LogP contribution in [0.4, 0.5) is 0 Å². The summed E-state index contributed by atoms with van der Waals surface area (Å²) in [6.45, 7) is 0.468. The monoisotopic (exact) mass is 389 g/mol. The molecule has 0 aliphatic carbocycles. The van der Waals surface area contributed by atoms with Crippen LogP contribution >= 0.6 is 0 Å². The first-order valence-electron chi connectivity index (χ1n) is 8.90. The quantitative estimate of drug-likeness (QED) is 0.500. The van der Waals surface area contributed by atoms with Gasteiger partial charge in [0.05, 0.1) is 4.90 Å². The Morgan fingerprint density at radius 1 is 0.714 bits per heavy atom. The van der Waals surface area contributed by atoms with Crippen molar-refractivity contribution in [1.29, 1.82) is 0 Å². The van der Waals surface area contributed by atoms with E-state index in [4.69, 9.17) is 0 Å².